The highest BCUT2D eigenvalue weighted by molar-refractivity contribution is 4.83. The van der Waals surface area contributed by atoms with Crippen molar-refractivity contribution in [1.29, 1.82) is 0 Å². The largest absolute Gasteiger partial charge is 0.393 e. The molecule has 3 nitrogen and oxygen atoms in total. The van der Waals surface area contributed by atoms with E-state index in [1.54, 1.807) is 0 Å². The minimum atomic E-state index is -0.0336. The number of rotatable bonds is 3. The molecule has 94 valence electrons. The van der Waals surface area contributed by atoms with Gasteiger partial charge in [-0.2, -0.15) is 0 Å². The number of hydrogen-bond donors (Lipinski definition) is 1. The van der Waals surface area contributed by atoms with Crippen molar-refractivity contribution in [3.8, 4) is 0 Å². The molecule has 2 atom stereocenters. The van der Waals surface area contributed by atoms with Crippen LogP contribution in [0.1, 0.15) is 32.1 Å². The van der Waals surface area contributed by atoms with Gasteiger partial charge in [0.2, 0.25) is 0 Å². The fourth-order valence-electron chi connectivity index (χ4n) is 3.18. The van der Waals surface area contributed by atoms with Gasteiger partial charge < -0.3 is 14.9 Å². The van der Waals surface area contributed by atoms with Crippen molar-refractivity contribution in [2.45, 2.75) is 44.2 Å². The van der Waals surface area contributed by atoms with Crippen LogP contribution in [-0.2, 0) is 0 Å². The van der Waals surface area contributed by atoms with Gasteiger partial charge in [0, 0.05) is 12.6 Å². The van der Waals surface area contributed by atoms with Gasteiger partial charge >= 0.3 is 0 Å². The van der Waals surface area contributed by atoms with Crippen molar-refractivity contribution in [3.63, 3.8) is 0 Å². The maximum absolute atomic E-state index is 9.84. The fourth-order valence-corrected chi connectivity index (χ4v) is 3.18. The number of aliphatic hydroxyl groups excluding tert-OH is 1. The summed E-state index contributed by atoms with van der Waals surface area (Å²) in [5, 5.41) is 9.84. The number of likely N-dealkylation sites (tertiary alicyclic amines) is 1. The van der Waals surface area contributed by atoms with E-state index in [1.807, 2.05) is 0 Å². The molecule has 0 amide bonds. The number of nitrogens with zero attached hydrogens (tertiary/aromatic N) is 2. The number of piperidine rings is 1. The summed E-state index contributed by atoms with van der Waals surface area (Å²) in [7, 11) is 4.44. The quantitative estimate of drug-likeness (QED) is 0.782. The van der Waals surface area contributed by atoms with Crippen LogP contribution in [0, 0.1) is 5.92 Å². The van der Waals surface area contributed by atoms with E-state index in [9.17, 15) is 5.11 Å². The van der Waals surface area contributed by atoms with Crippen LogP contribution in [0.3, 0.4) is 0 Å². The van der Waals surface area contributed by atoms with Crippen molar-refractivity contribution >= 4 is 0 Å². The van der Waals surface area contributed by atoms with Crippen LogP contribution in [0.5, 0.6) is 0 Å². The van der Waals surface area contributed by atoms with E-state index >= 15 is 0 Å². The summed E-state index contributed by atoms with van der Waals surface area (Å²) in [6, 6.07) is 0.740. The molecule has 1 saturated heterocycles. The van der Waals surface area contributed by atoms with Crippen molar-refractivity contribution < 1.29 is 5.11 Å². The Balaban J connectivity index is 1.76. The van der Waals surface area contributed by atoms with Gasteiger partial charge in [-0.05, 0) is 58.8 Å². The maximum Gasteiger partial charge on any atom is 0.0580 e. The van der Waals surface area contributed by atoms with Gasteiger partial charge in [0.15, 0.2) is 0 Å². The standard InChI is InChI=1S/C13H26N2O/c1-14-8-6-12(7-9-14)15(2)10-11-4-3-5-13(11)16/h11-13,16H,3-10H2,1-2H3. The van der Waals surface area contributed by atoms with Gasteiger partial charge in [0.05, 0.1) is 6.10 Å². The van der Waals surface area contributed by atoms with Gasteiger partial charge in [-0.25, -0.2) is 0 Å². The van der Waals surface area contributed by atoms with E-state index in [0.717, 1.165) is 19.0 Å². The molecular formula is C13H26N2O. The molecule has 2 unspecified atom stereocenters. The second kappa shape index (κ2) is 5.48. The summed E-state index contributed by atoms with van der Waals surface area (Å²) in [5.74, 6) is 0.532. The first kappa shape index (κ1) is 12.3. The normalized spacial score (nSPS) is 33.8. The highest BCUT2D eigenvalue weighted by atomic mass is 16.3. The van der Waals surface area contributed by atoms with E-state index in [4.69, 9.17) is 0 Å². The molecule has 2 rings (SSSR count). The monoisotopic (exact) mass is 226 g/mol. The second-order valence-electron chi connectivity index (χ2n) is 5.73. The molecule has 0 spiro atoms. The zero-order valence-electron chi connectivity index (χ0n) is 10.7. The maximum atomic E-state index is 9.84. The van der Waals surface area contributed by atoms with E-state index in [0.29, 0.717) is 5.92 Å². The predicted molar refractivity (Wildman–Crippen MR) is 66.5 cm³/mol. The molecule has 0 aromatic heterocycles. The summed E-state index contributed by atoms with van der Waals surface area (Å²) in [6.45, 7) is 3.54. The third-order valence-corrected chi connectivity index (χ3v) is 4.45. The lowest BCUT2D eigenvalue weighted by Gasteiger charge is -2.36. The number of hydrogen-bond acceptors (Lipinski definition) is 3. The minimum absolute atomic E-state index is 0.0336. The van der Waals surface area contributed by atoms with E-state index < -0.39 is 0 Å². The molecule has 3 heteroatoms. The average molecular weight is 226 g/mol. The first-order valence-corrected chi connectivity index (χ1v) is 6.73. The molecule has 0 aromatic rings. The van der Waals surface area contributed by atoms with E-state index in [2.05, 4.69) is 23.9 Å². The van der Waals surface area contributed by atoms with Gasteiger partial charge in [-0.3, -0.25) is 0 Å². The summed E-state index contributed by atoms with van der Waals surface area (Å²) in [5.41, 5.74) is 0. The lowest BCUT2D eigenvalue weighted by Crippen LogP contribution is -2.44. The molecule has 16 heavy (non-hydrogen) atoms. The zero-order valence-corrected chi connectivity index (χ0v) is 10.7. The van der Waals surface area contributed by atoms with Crippen LogP contribution < -0.4 is 0 Å². The highest BCUT2D eigenvalue weighted by Crippen LogP contribution is 2.27. The molecule has 0 radical (unpaired) electrons. The Morgan fingerprint density at radius 3 is 2.44 bits per heavy atom. The molecule has 0 aromatic carbocycles. The van der Waals surface area contributed by atoms with E-state index in [1.165, 1.54) is 38.8 Å². The lowest BCUT2D eigenvalue weighted by molar-refractivity contribution is 0.0790. The Kier molecular flexibility index (Phi) is 4.22. The van der Waals surface area contributed by atoms with Gasteiger partial charge in [0.25, 0.3) is 0 Å². The lowest BCUT2D eigenvalue weighted by atomic mass is 10.0. The fraction of sp³-hybridized carbons (Fsp3) is 1.00. The van der Waals surface area contributed by atoms with Crippen molar-refractivity contribution in [2.75, 3.05) is 33.7 Å². The zero-order chi connectivity index (χ0) is 11.5. The first-order chi connectivity index (χ1) is 7.66. The Morgan fingerprint density at radius 2 is 1.88 bits per heavy atom. The predicted octanol–water partition coefficient (Wildman–Crippen LogP) is 1.17. The van der Waals surface area contributed by atoms with Crippen molar-refractivity contribution in [3.05, 3.63) is 0 Å². The van der Waals surface area contributed by atoms with Gasteiger partial charge in [-0.1, -0.05) is 6.42 Å². The minimum Gasteiger partial charge on any atom is -0.393 e. The summed E-state index contributed by atoms with van der Waals surface area (Å²) in [4.78, 5) is 4.90. The van der Waals surface area contributed by atoms with Gasteiger partial charge in [0.1, 0.15) is 0 Å². The van der Waals surface area contributed by atoms with Crippen LogP contribution >= 0.6 is 0 Å². The Bertz CT molecular complexity index is 214. The highest BCUT2D eigenvalue weighted by Gasteiger charge is 2.29. The summed E-state index contributed by atoms with van der Waals surface area (Å²) >= 11 is 0. The van der Waals surface area contributed by atoms with Crippen LogP contribution in [-0.4, -0.2) is 60.8 Å². The molecule has 1 N–H and O–H groups in total. The molecule has 2 fully saturated rings. The molecule has 2 aliphatic rings. The van der Waals surface area contributed by atoms with E-state index in [-0.39, 0.29) is 6.10 Å². The Morgan fingerprint density at radius 1 is 1.19 bits per heavy atom. The molecule has 0 bridgehead atoms. The summed E-state index contributed by atoms with van der Waals surface area (Å²) in [6.07, 6.45) is 6.00. The van der Waals surface area contributed by atoms with Crippen LogP contribution in [0.2, 0.25) is 0 Å². The third kappa shape index (κ3) is 2.96. The SMILES string of the molecule is CN1CCC(N(C)CC2CCCC2O)CC1. The first-order valence-electron chi connectivity index (χ1n) is 6.73. The Hall–Kier alpha value is -0.120. The molecular weight excluding hydrogens is 200 g/mol. The third-order valence-electron chi connectivity index (χ3n) is 4.45. The Labute approximate surface area is 99.4 Å². The summed E-state index contributed by atoms with van der Waals surface area (Å²) < 4.78 is 0. The topological polar surface area (TPSA) is 26.7 Å². The molecule has 1 saturated carbocycles. The smallest absolute Gasteiger partial charge is 0.0580 e. The van der Waals surface area contributed by atoms with Crippen LogP contribution in [0.4, 0.5) is 0 Å². The number of aliphatic hydroxyl groups is 1. The molecule has 1 aliphatic heterocycles. The molecule has 1 heterocycles. The van der Waals surface area contributed by atoms with Gasteiger partial charge in [-0.15, -0.1) is 0 Å². The molecule has 1 aliphatic carbocycles. The van der Waals surface area contributed by atoms with Crippen molar-refractivity contribution in [2.24, 2.45) is 5.92 Å². The van der Waals surface area contributed by atoms with Crippen LogP contribution in [0.15, 0.2) is 0 Å². The van der Waals surface area contributed by atoms with Crippen LogP contribution in [0.25, 0.3) is 0 Å². The average Bonchev–Trinajstić information content (AvgIpc) is 2.65. The second-order valence-corrected chi connectivity index (χ2v) is 5.73. The van der Waals surface area contributed by atoms with Crippen molar-refractivity contribution in [1.82, 2.24) is 9.80 Å².